The van der Waals surface area contributed by atoms with Gasteiger partial charge in [0.15, 0.2) is 0 Å². The highest BCUT2D eigenvalue weighted by molar-refractivity contribution is 5.80. The van der Waals surface area contributed by atoms with Crippen LogP contribution in [0.5, 0.6) is 0 Å². The van der Waals surface area contributed by atoms with Crippen molar-refractivity contribution in [3.63, 3.8) is 0 Å². The van der Waals surface area contributed by atoms with E-state index < -0.39 is 6.04 Å². The SMILES string of the molecule is CC(C(=O)N1CCN(C2CCCCC2)CC1)n1nc(C2CC2)ccc1=O. The van der Waals surface area contributed by atoms with Gasteiger partial charge >= 0.3 is 0 Å². The normalized spacial score (nSPS) is 23.8. The van der Waals surface area contributed by atoms with Crippen LogP contribution in [0.15, 0.2) is 16.9 Å². The Balaban J connectivity index is 1.38. The van der Waals surface area contributed by atoms with Gasteiger partial charge in [0.1, 0.15) is 6.04 Å². The molecule has 26 heavy (non-hydrogen) atoms. The Hall–Kier alpha value is -1.69. The second kappa shape index (κ2) is 7.51. The van der Waals surface area contributed by atoms with Crippen molar-refractivity contribution in [2.24, 2.45) is 0 Å². The van der Waals surface area contributed by atoms with Crippen molar-refractivity contribution in [3.8, 4) is 0 Å². The van der Waals surface area contributed by atoms with Crippen LogP contribution < -0.4 is 5.56 Å². The summed E-state index contributed by atoms with van der Waals surface area (Å²) in [7, 11) is 0. The molecule has 6 nitrogen and oxygen atoms in total. The van der Waals surface area contributed by atoms with Crippen molar-refractivity contribution < 1.29 is 4.79 Å². The zero-order valence-corrected chi connectivity index (χ0v) is 15.8. The van der Waals surface area contributed by atoms with E-state index >= 15 is 0 Å². The first-order valence-corrected chi connectivity index (χ1v) is 10.3. The molecule has 1 atom stereocenters. The summed E-state index contributed by atoms with van der Waals surface area (Å²) in [6.45, 7) is 5.23. The molecule has 3 fully saturated rings. The van der Waals surface area contributed by atoms with Gasteiger partial charge in [-0.3, -0.25) is 14.5 Å². The minimum Gasteiger partial charge on any atom is -0.338 e. The third kappa shape index (κ3) is 3.70. The van der Waals surface area contributed by atoms with Gasteiger partial charge in [-0.1, -0.05) is 19.3 Å². The number of aromatic nitrogens is 2. The van der Waals surface area contributed by atoms with Crippen molar-refractivity contribution >= 4 is 5.91 Å². The molecule has 1 unspecified atom stereocenters. The van der Waals surface area contributed by atoms with Gasteiger partial charge in [-0.15, -0.1) is 0 Å². The topological polar surface area (TPSA) is 58.4 Å². The van der Waals surface area contributed by atoms with Crippen LogP contribution in [-0.4, -0.2) is 57.7 Å². The largest absolute Gasteiger partial charge is 0.338 e. The molecule has 0 aromatic carbocycles. The monoisotopic (exact) mass is 358 g/mol. The minimum atomic E-state index is -0.526. The molecule has 1 aromatic rings. The molecule has 1 aliphatic heterocycles. The second-order valence-electron chi connectivity index (χ2n) is 8.14. The number of piperazine rings is 1. The summed E-state index contributed by atoms with van der Waals surface area (Å²) in [4.78, 5) is 29.6. The standard InChI is InChI=1S/C20H30N4O2/c1-15(24-19(25)10-9-18(21-24)16-7-8-16)20(26)23-13-11-22(12-14-23)17-5-3-2-4-6-17/h9-10,15-17H,2-8,11-14H2,1H3. The highest BCUT2D eigenvalue weighted by Crippen LogP contribution is 2.38. The lowest BCUT2D eigenvalue weighted by Gasteiger charge is -2.41. The number of carbonyl (C=O) groups is 1. The summed E-state index contributed by atoms with van der Waals surface area (Å²) in [6.07, 6.45) is 8.93. The first-order chi connectivity index (χ1) is 12.6. The van der Waals surface area contributed by atoms with Crippen molar-refractivity contribution in [2.45, 2.75) is 69.9 Å². The van der Waals surface area contributed by atoms with E-state index in [9.17, 15) is 9.59 Å². The van der Waals surface area contributed by atoms with E-state index in [1.807, 2.05) is 11.0 Å². The number of carbonyl (C=O) groups excluding carboxylic acids is 1. The Morgan fingerprint density at radius 2 is 1.73 bits per heavy atom. The quantitative estimate of drug-likeness (QED) is 0.828. The minimum absolute atomic E-state index is 0.0239. The molecule has 142 valence electrons. The zero-order chi connectivity index (χ0) is 18.1. The van der Waals surface area contributed by atoms with Crippen molar-refractivity contribution in [1.29, 1.82) is 0 Å². The zero-order valence-electron chi connectivity index (χ0n) is 15.8. The average molecular weight is 358 g/mol. The fraction of sp³-hybridized carbons (Fsp3) is 0.750. The summed E-state index contributed by atoms with van der Waals surface area (Å²) >= 11 is 0. The van der Waals surface area contributed by atoms with Crippen LogP contribution in [0.4, 0.5) is 0 Å². The third-order valence-corrected chi connectivity index (χ3v) is 6.28. The van der Waals surface area contributed by atoms with E-state index in [2.05, 4.69) is 10.00 Å². The average Bonchev–Trinajstić information content (AvgIpc) is 3.53. The van der Waals surface area contributed by atoms with Gasteiger partial charge in [0, 0.05) is 44.2 Å². The van der Waals surface area contributed by atoms with Crippen LogP contribution in [0.2, 0.25) is 0 Å². The summed E-state index contributed by atoms with van der Waals surface area (Å²) in [5.41, 5.74) is 0.766. The molecule has 6 heteroatoms. The van der Waals surface area contributed by atoms with Crippen LogP contribution in [0.3, 0.4) is 0 Å². The van der Waals surface area contributed by atoms with Crippen LogP contribution in [0, 0.1) is 0 Å². The fourth-order valence-electron chi connectivity index (χ4n) is 4.44. The molecule has 1 saturated heterocycles. The molecular formula is C20H30N4O2. The third-order valence-electron chi connectivity index (χ3n) is 6.28. The summed E-state index contributed by atoms with van der Waals surface area (Å²) in [5.74, 6) is 0.499. The Bertz CT molecular complexity index is 698. The molecule has 2 saturated carbocycles. The van der Waals surface area contributed by atoms with E-state index in [0.717, 1.165) is 44.7 Å². The van der Waals surface area contributed by atoms with Gasteiger partial charge < -0.3 is 4.90 Å². The van der Waals surface area contributed by atoms with E-state index in [0.29, 0.717) is 12.0 Å². The Morgan fingerprint density at radius 1 is 1.04 bits per heavy atom. The van der Waals surface area contributed by atoms with Gasteiger partial charge in [0.2, 0.25) is 5.91 Å². The molecule has 0 N–H and O–H groups in total. The number of hydrogen-bond acceptors (Lipinski definition) is 4. The highest BCUT2D eigenvalue weighted by atomic mass is 16.2. The molecule has 0 radical (unpaired) electrons. The molecule has 3 aliphatic rings. The summed E-state index contributed by atoms with van der Waals surface area (Å²) in [6, 6.07) is 3.56. The van der Waals surface area contributed by atoms with Gasteiger partial charge in [-0.05, 0) is 38.7 Å². The van der Waals surface area contributed by atoms with E-state index in [-0.39, 0.29) is 11.5 Å². The van der Waals surface area contributed by atoms with Gasteiger partial charge in [0.25, 0.3) is 5.56 Å². The van der Waals surface area contributed by atoms with Gasteiger partial charge in [-0.25, -0.2) is 4.68 Å². The van der Waals surface area contributed by atoms with Crippen LogP contribution in [-0.2, 0) is 4.79 Å². The molecule has 2 aliphatic carbocycles. The Morgan fingerprint density at radius 3 is 2.38 bits per heavy atom. The number of amides is 1. The van der Waals surface area contributed by atoms with Crippen molar-refractivity contribution in [1.82, 2.24) is 19.6 Å². The number of hydrogen-bond donors (Lipinski definition) is 0. The first-order valence-electron chi connectivity index (χ1n) is 10.3. The lowest BCUT2D eigenvalue weighted by atomic mass is 9.94. The molecule has 0 bridgehead atoms. The van der Waals surface area contributed by atoms with E-state index in [1.165, 1.54) is 36.8 Å². The maximum atomic E-state index is 12.9. The fourth-order valence-corrected chi connectivity index (χ4v) is 4.44. The summed E-state index contributed by atoms with van der Waals surface area (Å²) < 4.78 is 1.39. The number of nitrogens with zero attached hydrogens (tertiary/aromatic N) is 4. The highest BCUT2D eigenvalue weighted by Gasteiger charge is 2.31. The van der Waals surface area contributed by atoms with Crippen LogP contribution in [0.25, 0.3) is 0 Å². The van der Waals surface area contributed by atoms with Crippen molar-refractivity contribution in [2.75, 3.05) is 26.2 Å². The van der Waals surface area contributed by atoms with Crippen LogP contribution >= 0.6 is 0 Å². The predicted molar refractivity (Wildman–Crippen MR) is 100 cm³/mol. The van der Waals surface area contributed by atoms with Gasteiger partial charge in [0.05, 0.1) is 5.69 Å². The first kappa shape index (κ1) is 17.7. The molecular weight excluding hydrogens is 328 g/mol. The maximum Gasteiger partial charge on any atom is 0.267 e. The predicted octanol–water partition coefficient (Wildman–Crippen LogP) is 2.16. The molecule has 4 rings (SSSR count). The molecule has 2 heterocycles. The maximum absolute atomic E-state index is 12.9. The summed E-state index contributed by atoms with van der Waals surface area (Å²) in [5, 5.41) is 4.48. The molecule has 0 spiro atoms. The van der Waals surface area contributed by atoms with Crippen molar-refractivity contribution in [3.05, 3.63) is 28.2 Å². The second-order valence-corrected chi connectivity index (χ2v) is 8.14. The Labute approximate surface area is 155 Å². The lowest BCUT2D eigenvalue weighted by Crippen LogP contribution is -2.53. The van der Waals surface area contributed by atoms with E-state index in [1.54, 1.807) is 13.0 Å². The Kier molecular flexibility index (Phi) is 5.11. The number of rotatable bonds is 4. The van der Waals surface area contributed by atoms with E-state index in [4.69, 9.17) is 0 Å². The van der Waals surface area contributed by atoms with Gasteiger partial charge in [-0.2, -0.15) is 5.10 Å². The van der Waals surface area contributed by atoms with Crippen LogP contribution in [0.1, 0.15) is 69.5 Å². The molecule has 1 amide bonds. The smallest absolute Gasteiger partial charge is 0.267 e. The lowest BCUT2D eigenvalue weighted by molar-refractivity contribution is -0.136. The molecule has 1 aromatic heterocycles.